The lowest BCUT2D eigenvalue weighted by atomic mass is 10.2. The topological polar surface area (TPSA) is 55.6 Å². The molecule has 1 N–H and O–H groups in total. The van der Waals surface area contributed by atoms with Gasteiger partial charge in [-0.3, -0.25) is 0 Å². The van der Waals surface area contributed by atoms with Crippen molar-refractivity contribution in [2.24, 2.45) is 0 Å². The highest BCUT2D eigenvalue weighted by Gasteiger charge is 2.16. The lowest BCUT2D eigenvalue weighted by molar-refractivity contribution is 0.778. The summed E-state index contributed by atoms with van der Waals surface area (Å²) < 4.78 is 1.68. The van der Waals surface area contributed by atoms with Crippen LogP contribution in [0.1, 0.15) is 6.42 Å². The number of nitrogens with zero attached hydrogens (tertiary/aromatic N) is 4. The first kappa shape index (κ1) is 10.6. The molecule has 5 nitrogen and oxygen atoms in total. The van der Waals surface area contributed by atoms with E-state index in [-0.39, 0.29) is 0 Å². The molecule has 1 aliphatic rings. The van der Waals surface area contributed by atoms with Crippen LogP contribution in [0.15, 0.2) is 30.6 Å². The number of benzene rings is 1. The molecule has 0 aliphatic carbocycles. The van der Waals surface area contributed by atoms with E-state index >= 15 is 0 Å². The van der Waals surface area contributed by atoms with Gasteiger partial charge in [0.2, 0.25) is 0 Å². The molecule has 0 bridgehead atoms. The highest BCUT2D eigenvalue weighted by molar-refractivity contribution is 7.99. The first-order valence-electron chi connectivity index (χ1n) is 5.60. The maximum absolute atomic E-state index is 3.93. The second kappa shape index (κ2) is 4.75. The van der Waals surface area contributed by atoms with Gasteiger partial charge in [0.05, 0.1) is 11.4 Å². The van der Waals surface area contributed by atoms with E-state index in [0.29, 0.717) is 6.04 Å². The van der Waals surface area contributed by atoms with Crippen LogP contribution in [-0.2, 0) is 0 Å². The van der Waals surface area contributed by atoms with Crippen molar-refractivity contribution in [1.82, 2.24) is 20.2 Å². The highest BCUT2D eigenvalue weighted by atomic mass is 32.2. The molecule has 1 aromatic carbocycles. The molecule has 3 rings (SSSR count). The average Bonchev–Trinajstić information content (AvgIpc) is 3.01. The maximum atomic E-state index is 3.93. The zero-order chi connectivity index (χ0) is 11.5. The standard InChI is InChI=1S/C11H13N5S/c1-2-4-11(16-8-12-14-15-16)10(3-1)13-9-5-6-17-7-9/h1-4,8-9,13H,5-7H2. The number of nitrogens with one attached hydrogen (secondary N) is 1. The number of para-hydroxylation sites is 2. The number of tetrazole rings is 1. The molecular formula is C11H13N5S. The second-order valence-corrected chi connectivity index (χ2v) is 5.13. The zero-order valence-corrected chi connectivity index (χ0v) is 10.1. The molecule has 0 radical (unpaired) electrons. The smallest absolute Gasteiger partial charge is 0.143 e. The van der Waals surface area contributed by atoms with E-state index in [1.165, 1.54) is 17.9 Å². The van der Waals surface area contributed by atoms with Crippen LogP contribution in [0.3, 0.4) is 0 Å². The molecule has 0 amide bonds. The van der Waals surface area contributed by atoms with Crippen molar-refractivity contribution in [2.75, 3.05) is 16.8 Å². The van der Waals surface area contributed by atoms with E-state index < -0.39 is 0 Å². The summed E-state index contributed by atoms with van der Waals surface area (Å²) in [7, 11) is 0. The molecule has 1 aliphatic heterocycles. The van der Waals surface area contributed by atoms with Crippen molar-refractivity contribution >= 4 is 17.4 Å². The fraction of sp³-hybridized carbons (Fsp3) is 0.364. The summed E-state index contributed by atoms with van der Waals surface area (Å²) in [4.78, 5) is 0. The van der Waals surface area contributed by atoms with Crippen molar-refractivity contribution in [3.63, 3.8) is 0 Å². The predicted molar refractivity (Wildman–Crippen MR) is 68.5 cm³/mol. The fourth-order valence-corrected chi connectivity index (χ4v) is 3.09. The quantitative estimate of drug-likeness (QED) is 0.892. The molecular weight excluding hydrogens is 234 g/mol. The molecule has 2 aromatic rings. The minimum atomic E-state index is 0.553. The second-order valence-electron chi connectivity index (χ2n) is 3.98. The number of hydrogen-bond acceptors (Lipinski definition) is 5. The predicted octanol–water partition coefficient (Wildman–Crippen LogP) is 1.58. The minimum absolute atomic E-state index is 0.553. The Morgan fingerprint density at radius 3 is 3.06 bits per heavy atom. The van der Waals surface area contributed by atoms with Crippen LogP contribution in [0.25, 0.3) is 5.69 Å². The molecule has 0 spiro atoms. The third-order valence-electron chi connectivity index (χ3n) is 2.79. The molecule has 0 saturated carbocycles. The molecule has 1 fully saturated rings. The Hall–Kier alpha value is -1.56. The molecule has 6 heteroatoms. The Morgan fingerprint density at radius 2 is 2.29 bits per heavy atom. The van der Waals surface area contributed by atoms with E-state index in [9.17, 15) is 0 Å². The third kappa shape index (κ3) is 2.26. The lowest BCUT2D eigenvalue weighted by Gasteiger charge is -2.15. The van der Waals surface area contributed by atoms with Crippen LogP contribution in [0.4, 0.5) is 5.69 Å². The third-order valence-corrected chi connectivity index (χ3v) is 3.95. The van der Waals surface area contributed by atoms with Crippen LogP contribution in [0, 0.1) is 0 Å². The molecule has 88 valence electrons. The highest BCUT2D eigenvalue weighted by Crippen LogP contribution is 2.24. The molecule has 2 heterocycles. The van der Waals surface area contributed by atoms with Gasteiger partial charge in [0, 0.05) is 11.8 Å². The Labute approximate surface area is 104 Å². The Morgan fingerprint density at radius 1 is 1.35 bits per heavy atom. The SMILES string of the molecule is c1ccc(-n2cnnn2)c(NC2CCSC2)c1. The summed E-state index contributed by atoms with van der Waals surface area (Å²) >= 11 is 2.00. The number of hydrogen-bond donors (Lipinski definition) is 1. The summed E-state index contributed by atoms with van der Waals surface area (Å²) in [6.07, 6.45) is 2.83. The van der Waals surface area contributed by atoms with Gasteiger partial charge >= 0.3 is 0 Å². The molecule has 17 heavy (non-hydrogen) atoms. The fourth-order valence-electron chi connectivity index (χ4n) is 1.94. The summed E-state index contributed by atoms with van der Waals surface area (Å²) in [5, 5.41) is 14.8. The maximum Gasteiger partial charge on any atom is 0.143 e. The van der Waals surface area contributed by atoms with E-state index in [0.717, 1.165) is 11.4 Å². The van der Waals surface area contributed by atoms with E-state index in [2.05, 4.69) is 26.9 Å². The van der Waals surface area contributed by atoms with Crippen LogP contribution >= 0.6 is 11.8 Å². The summed E-state index contributed by atoms with van der Waals surface area (Å²) in [6, 6.07) is 8.66. The van der Waals surface area contributed by atoms with E-state index in [4.69, 9.17) is 0 Å². The Bertz CT molecular complexity index is 478. The summed E-state index contributed by atoms with van der Waals surface area (Å²) in [6.45, 7) is 0. The normalized spacial score (nSPS) is 19.4. The van der Waals surface area contributed by atoms with Gasteiger partial charge in [0.25, 0.3) is 0 Å². The van der Waals surface area contributed by atoms with Gasteiger partial charge in [0.1, 0.15) is 6.33 Å². The Balaban J connectivity index is 1.88. The van der Waals surface area contributed by atoms with Gasteiger partial charge in [-0.2, -0.15) is 16.4 Å². The van der Waals surface area contributed by atoms with Gasteiger partial charge in [0.15, 0.2) is 0 Å². The monoisotopic (exact) mass is 247 g/mol. The Kier molecular flexibility index (Phi) is 2.96. The molecule has 1 atom stereocenters. The van der Waals surface area contributed by atoms with Crippen molar-refractivity contribution in [2.45, 2.75) is 12.5 Å². The zero-order valence-electron chi connectivity index (χ0n) is 9.28. The van der Waals surface area contributed by atoms with Crippen LogP contribution in [0.5, 0.6) is 0 Å². The van der Waals surface area contributed by atoms with Crippen molar-refractivity contribution in [1.29, 1.82) is 0 Å². The number of rotatable bonds is 3. The summed E-state index contributed by atoms with van der Waals surface area (Å²) in [5.41, 5.74) is 2.08. The number of thioether (sulfide) groups is 1. The molecule has 1 unspecified atom stereocenters. The van der Waals surface area contributed by atoms with Gasteiger partial charge in [-0.05, 0) is 34.7 Å². The van der Waals surface area contributed by atoms with Crippen LogP contribution in [0.2, 0.25) is 0 Å². The van der Waals surface area contributed by atoms with E-state index in [1.54, 1.807) is 11.0 Å². The largest absolute Gasteiger partial charge is 0.380 e. The first-order chi connectivity index (χ1) is 8.43. The lowest BCUT2D eigenvalue weighted by Crippen LogP contribution is -2.19. The number of anilines is 1. The number of aromatic nitrogens is 4. The van der Waals surface area contributed by atoms with Crippen molar-refractivity contribution in [3.05, 3.63) is 30.6 Å². The van der Waals surface area contributed by atoms with Gasteiger partial charge < -0.3 is 5.32 Å². The average molecular weight is 247 g/mol. The minimum Gasteiger partial charge on any atom is -0.380 e. The van der Waals surface area contributed by atoms with Crippen LogP contribution in [-0.4, -0.2) is 37.8 Å². The molecule has 1 aromatic heterocycles. The first-order valence-corrected chi connectivity index (χ1v) is 6.75. The summed E-state index contributed by atoms with van der Waals surface area (Å²) in [5.74, 6) is 2.41. The van der Waals surface area contributed by atoms with Crippen molar-refractivity contribution in [3.8, 4) is 5.69 Å². The van der Waals surface area contributed by atoms with Crippen molar-refractivity contribution < 1.29 is 0 Å². The van der Waals surface area contributed by atoms with Gasteiger partial charge in [-0.1, -0.05) is 12.1 Å². The molecule has 1 saturated heterocycles. The van der Waals surface area contributed by atoms with Gasteiger partial charge in [-0.15, -0.1) is 5.10 Å². The van der Waals surface area contributed by atoms with E-state index in [1.807, 2.05) is 30.0 Å². The van der Waals surface area contributed by atoms with Crippen LogP contribution < -0.4 is 5.32 Å². The van der Waals surface area contributed by atoms with Gasteiger partial charge in [-0.25, -0.2) is 0 Å².